The molecule has 0 radical (unpaired) electrons. The molecule has 0 spiro atoms. The number of rotatable bonds is 6. The van der Waals surface area contributed by atoms with Crippen LogP contribution < -0.4 is 9.84 Å². The van der Waals surface area contributed by atoms with Crippen molar-refractivity contribution < 1.29 is 14.6 Å². The Morgan fingerprint density at radius 3 is 2.08 bits per heavy atom. The molecule has 26 heavy (non-hydrogen) atoms. The van der Waals surface area contributed by atoms with Gasteiger partial charge in [0.2, 0.25) is 6.33 Å². The number of hydrogen-bond acceptors (Lipinski definition) is 3. The highest BCUT2D eigenvalue weighted by Crippen LogP contribution is 2.34. The van der Waals surface area contributed by atoms with Gasteiger partial charge in [0.15, 0.2) is 11.4 Å². The number of imidazole rings is 1. The van der Waals surface area contributed by atoms with Crippen LogP contribution in [0.15, 0.2) is 67.0 Å². The van der Waals surface area contributed by atoms with Gasteiger partial charge in [-0.05, 0) is 6.42 Å². The topological polar surface area (TPSA) is 72.0 Å². The van der Waals surface area contributed by atoms with E-state index in [2.05, 4.69) is 0 Å². The van der Waals surface area contributed by atoms with E-state index in [1.54, 1.807) is 4.57 Å². The van der Waals surface area contributed by atoms with Gasteiger partial charge in [-0.3, -0.25) is 0 Å². The van der Waals surface area contributed by atoms with Gasteiger partial charge in [-0.15, -0.1) is 0 Å². The van der Waals surface area contributed by atoms with Crippen molar-refractivity contribution in [2.45, 2.75) is 26.3 Å². The van der Waals surface area contributed by atoms with Crippen molar-refractivity contribution in [1.29, 1.82) is 0 Å². The molecule has 0 saturated heterocycles. The SMILES string of the molecule is CC[C@H](C)[C@H](C(=O)[O-])n1c[n+]([O-])c(-c2ccccc2)c1-c1ccccc1. The molecule has 3 rings (SSSR count). The van der Waals surface area contributed by atoms with Crippen LogP contribution in [0.4, 0.5) is 0 Å². The van der Waals surface area contributed by atoms with Crippen LogP contribution in [0, 0.1) is 11.1 Å². The zero-order chi connectivity index (χ0) is 18.7. The molecule has 2 atom stereocenters. The quantitative estimate of drug-likeness (QED) is 0.507. The van der Waals surface area contributed by atoms with E-state index < -0.39 is 12.0 Å². The number of carboxylic acids is 1. The summed E-state index contributed by atoms with van der Waals surface area (Å²) in [6.45, 7) is 3.78. The number of carboxylic acid groups (broad SMARTS) is 1. The van der Waals surface area contributed by atoms with Crippen LogP contribution in [0.3, 0.4) is 0 Å². The number of aromatic nitrogens is 2. The fourth-order valence-corrected chi connectivity index (χ4v) is 3.25. The fourth-order valence-electron chi connectivity index (χ4n) is 3.25. The lowest BCUT2D eigenvalue weighted by molar-refractivity contribution is -0.593. The van der Waals surface area contributed by atoms with Crippen LogP contribution in [0.5, 0.6) is 0 Å². The summed E-state index contributed by atoms with van der Waals surface area (Å²) in [4.78, 5) is 11.9. The minimum Gasteiger partial charge on any atom is -0.710 e. The molecule has 5 nitrogen and oxygen atoms in total. The third-order valence-electron chi connectivity index (χ3n) is 4.75. The smallest absolute Gasteiger partial charge is 0.248 e. The van der Waals surface area contributed by atoms with Crippen molar-refractivity contribution >= 4 is 5.97 Å². The summed E-state index contributed by atoms with van der Waals surface area (Å²) in [5, 5.41) is 24.7. The van der Waals surface area contributed by atoms with Gasteiger partial charge in [0.05, 0.1) is 5.97 Å². The van der Waals surface area contributed by atoms with Crippen LogP contribution in [0.1, 0.15) is 26.3 Å². The zero-order valence-electron chi connectivity index (χ0n) is 14.8. The Kier molecular flexibility index (Phi) is 5.07. The normalized spacial score (nSPS) is 13.3. The molecular weight excluding hydrogens is 328 g/mol. The maximum Gasteiger partial charge on any atom is 0.248 e. The highest BCUT2D eigenvalue weighted by molar-refractivity contribution is 5.79. The Balaban J connectivity index is 2.31. The fraction of sp³-hybridized carbons (Fsp3) is 0.238. The Hall–Kier alpha value is -3.08. The van der Waals surface area contributed by atoms with Crippen molar-refractivity contribution in [3.05, 3.63) is 72.2 Å². The van der Waals surface area contributed by atoms with E-state index in [0.29, 0.717) is 17.8 Å². The number of benzene rings is 2. The monoisotopic (exact) mass is 349 g/mol. The molecular formula is C21H21N2O3-. The summed E-state index contributed by atoms with van der Waals surface area (Å²) < 4.78 is 2.30. The first-order chi connectivity index (χ1) is 12.5. The first kappa shape index (κ1) is 17.7. The van der Waals surface area contributed by atoms with Crippen LogP contribution in [0.2, 0.25) is 0 Å². The molecule has 5 heteroatoms. The minimum atomic E-state index is -1.19. The molecule has 0 amide bonds. The zero-order valence-corrected chi connectivity index (χ0v) is 14.8. The Morgan fingerprint density at radius 2 is 1.58 bits per heavy atom. The summed E-state index contributed by atoms with van der Waals surface area (Å²) in [5.74, 6) is -1.37. The molecule has 3 aromatic rings. The lowest BCUT2D eigenvalue weighted by atomic mass is 9.97. The average molecular weight is 349 g/mol. The maximum absolute atomic E-state index is 12.8. The van der Waals surface area contributed by atoms with Crippen molar-refractivity contribution in [3.8, 4) is 22.5 Å². The van der Waals surface area contributed by atoms with Crippen LogP contribution in [-0.4, -0.2) is 10.5 Å². The van der Waals surface area contributed by atoms with Crippen molar-refractivity contribution in [1.82, 2.24) is 4.57 Å². The molecule has 0 aliphatic rings. The van der Waals surface area contributed by atoms with Crippen LogP contribution in [0.25, 0.3) is 22.5 Å². The maximum atomic E-state index is 12.8. The first-order valence-electron chi connectivity index (χ1n) is 8.70. The molecule has 1 aromatic heterocycles. The largest absolute Gasteiger partial charge is 0.710 e. The second kappa shape index (κ2) is 7.44. The van der Waals surface area contributed by atoms with E-state index in [4.69, 9.17) is 0 Å². The molecule has 0 aliphatic heterocycles. The van der Waals surface area contributed by atoms with Gasteiger partial charge < -0.3 is 15.1 Å². The molecule has 0 unspecified atom stereocenters. The van der Waals surface area contributed by atoms with Crippen LogP contribution in [-0.2, 0) is 4.79 Å². The third-order valence-corrected chi connectivity index (χ3v) is 4.75. The summed E-state index contributed by atoms with van der Waals surface area (Å²) >= 11 is 0. The van der Waals surface area contributed by atoms with E-state index >= 15 is 0 Å². The van der Waals surface area contributed by atoms with Gasteiger partial charge >= 0.3 is 0 Å². The summed E-state index contributed by atoms with van der Waals surface area (Å²) in [6, 6.07) is 17.7. The lowest BCUT2D eigenvalue weighted by Crippen LogP contribution is -2.37. The van der Waals surface area contributed by atoms with Gasteiger partial charge in [0.25, 0.3) is 0 Å². The van der Waals surface area contributed by atoms with Gasteiger partial charge in [0, 0.05) is 17.0 Å². The van der Waals surface area contributed by atoms with Crippen LogP contribution >= 0.6 is 0 Å². The average Bonchev–Trinajstić information content (AvgIpc) is 2.99. The van der Waals surface area contributed by atoms with E-state index in [1.165, 1.54) is 6.33 Å². The van der Waals surface area contributed by atoms with E-state index in [9.17, 15) is 15.1 Å². The molecule has 0 N–H and O–H groups in total. The second-order valence-electron chi connectivity index (χ2n) is 6.43. The van der Waals surface area contributed by atoms with Crippen molar-refractivity contribution in [3.63, 3.8) is 0 Å². The standard InChI is InChI=1S/C21H22N2O3/c1-3-15(2)18(21(24)25)22-14-23(26)20(17-12-8-5-9-13-17)19(22)16-10-6-4-7-11-16/h4-15,18H,3H2,1-2H3,(H,24,25)/p-1/t15-,18+/m0/s1. The second-order valence-corrected chi connectivity index (χ2v) is 6.43. The van der Waals surface area contributed by atoms with Gasteiger partial charge in [-0.1, -0.05) is 74.5 Å². The van der Waals surface area contributed by atoms with E-state index in [-0.39, 0.29) is 5.92 Å². The molecule has 0 bridgehead atoms. The summed E-state index contributed by atoms with van der Waals surface area (Å²) in [6.07, 6.45) is 1.97. The Morgan fingerprint density at radius 1 is 1.04 bits per heavy atom. The third kappa shape index (κ3) is 3.20. The molecule has 2 aromatic carbocycles. The predicted octanol–water partition coefficient (Wildman–Crippen LogP) is 2.79. The Labute approximate surface area is 152 Å². The number of carbonyl (C=O) groups excluding carboxylic acids is 1. The minimum absolute atomic E-state index is 0.182. The van der Waals surface area contributed by atoms with E-state index in [0.717, 1.165) is 15.9 Å². The van der Waals surface area contributed by atoms with Gasteiger partial charge in [-0.2, -0.15) is 0 Å². The number of carbonyl (C=O) groups is 1. The Bertz CT molecular complexity index is 888. The van der Waals surface area contributed by atoms with Crippen molar-refractivity contribution in [2.75, 3.05) is 0 Å². The van der Waals surface area contributed by atoms with Gasteiger partial charge in [-0.25, -0.2) is 9.30 Å². The number of aliphatic carboxylic acids is 1. The summed E-state index contributed by atoms with van der Waals surface area (Å²) in [5.41, 5.74) is 2.55. The van der Waals surface area contributed by atoms with Gasteiger partial charge in [0.1, 0.15) is 6.04 Å². The number of hydrogen-bond donors (Lipinski definition) is 0. The highest BCUT2D eigenvalue weighted by Gasteiger charge is 2.32. The molecule has 0 saturated carbocycles. The first-order valence-corrected chi connectivity index (χ1v) is 8.70. The molecule has 1 heterocycles. The van der Waals surface area contributed by atoms with Crippen molar-refractivity contribution in [2.24, 2.45) is 5.92 Å². The number of nitrogens with zero attached hydrogens (tertiary/aromatic N) is 2. The molecule has 134 valence electrons. The lowest BCUT2D eigenvalue weighted by Gasteiger charge is -2.22. The predicted molar refractivity (Wildman–Crippen MR) is 97.8 cm³/mol. The molecule has 0 fully saturated rings. The molecule has 0 aliphatic carbocycles. The highest BCUT2D eigenvalue weighted by atomic mass is 16.5. The van der Waals surface area contributed by atoms with E-state index in [1.807, 2.05) is 74.5 Å². The summed E-state index contributed by atoms with van der Waals surface area (Å²) in [7, 11) is 0.